The number of ether oxygens (including phenoxy) is 1. The Hall–Kier alpha value is -0.570. The van der Waals surface area contributed by atoms with Gasteiger partial charge in [0.15, 0.2) is 0 Å². The zero-order chi connectivity index (χ0) is 10.6. The molecule has 0 radical (unpaired) electrons. The van der Waals surface area contributed by atoms with Gasteiger partial charge in [0.2, 0.25) is 0 Å². The summed E-state index contributed by atoms with van der Waals surface area (Å²) in [5.41, 5.74) is 5.67. The van der Waals surface area contributed by atoms with E-state index in [-0.39, 0.29) is 11.9 Å². The van der Waals surface area contributed by atoms with Crippen molar-refractivity contribution >= 4 is 5.97 Å². The number of rotatable bonds is 4. The molecule has 1 fully saturated rings. The Bertz CT molecular complexity index is 186. The second-order valence-corrected chi connectivity index (χ2v) is 4.55. The molecule has 3 heteroatoms. The minimum absolute atomic E-state index is 0.158. The van der Waals surface area contributed by atoms with Crippen molar-refractivity contribution in [1.29, 1.82) is 0 Å². The summed E-state index contributed by atoms with van der Waals surface area (Å²) in [6.07, 6.45) is 4.95. The maximum Gasteiger partial charge on any atom is 0.323 e. The van der Waals surface area contributed by atoms with Crippen molar-refractivity contribution in [2.75, 3.05) is 6.61 Å². The van der Waals surface area contributed by atoms with E-state index in [9.17, 15) is 4.79 Å². The highest BCUT2D eigenvalue weighted by molar-refractivity contribution is 5.75. The molecule has 1 rings (SSSR count). The minimum atomic E-state index is -0.462. The molecule has 1 atom stereocenters. The van der Waals surface area contributed by atoms with Gasteiger partial charge in [0, 0.05) is 0 Å². The summed E-state index contributed by atoms with van der Waals surface area (Å²) in [4.78, 5) is 11.4. The predicted molar refractivity (Wildman–Crippen MR) is 55.7 cm³/mol. The summed E-state index contributed by atoms with van der Waals surface area (Å²) in [5, 5.41) is 0. The number of nitrogens with two attached hydrogens (primary N) is 1. The van der Waals surface area contributed by atoms with E-state index in [2.05, 4.69) is 0 Å². The Morgan fingerprint density at radius 2 is 2.00 bits per heavy atom. The number of hydrogen-bond donors (Lipinski definition) is 1. The van der Waals surface area contributed by atoms with Gasteiger partial charge in [-0.2, -0.15) is 0 Å². The van der Waals surface area contributed by atoms with Gasteiger partial charge in [0.1, 0.15) is 6.04 Å². The molecule has 3 nitrogen and oxygen atoms in total. The highest BCUT2D eigenvalue weighted by atomic mass is 16.5. The molecular weight excluding hydrogens is 178 g/mol. The highest BCUT2D eigenvalue weighted by Crippen LogP contribution is 2.24. The Morgan fingerprint density at radius 3 is 2.50 bits per heavy atom. The van der Waals surface area contributed by atoms with E-state index >= 15 is 0 Å². The smallest absolute Gasteiger partial charge is 0.323 e. The van der Waals surface area contributed by atoms with Crippen LogP contribution in [0.2, 0.25) is 0 Å². The van der Waals surface area contributed by atoms with Gasteiger partial charge in [-0.25, -0.2) is 0 Å². The number of hydrogen-bond acceptors (Lipinski definition) is 3. The van der Waals surface area contributed by atoms with Crippen LogP contribution in [0.25, 0.3) is 0 Å². The molecule has 0 saturated heterocycles. The van der Waals surface area contributed by atoms with E-state index in [1.807, 2.05) is 13.8 Å². The van der Waals surface area contributed by atoms with Gasteiger partial charge in [0.25, 0.3) is 0 Å². The zero-order valence-corrected chi connectivity index (χ0v) is 9.16. The second kappa shape index (κ2) is 5.35. The summed E-state index contributed by atoms with van der Waals surface area (Å²) < 4.78 is 5.19. The highest BCUT2D eigenvalue weighted by Gasteiger charge is 2.21. The van der Waals surface area contributed by atoms with Crippen LogP contribution in [0.4, 0.5) is 0 Å². The number of carbonyl (C=O) groups is 1. The molecule has 0 unspecified atom stereocenters. The van der Waals surface area contributed by atoms with Crippen LogP contribution in [0.15, 0.2) is 0 Å². The van der Waals surface area contributed by atoms with E-state index in [0.717, 1.165) is 0 Å². The van der Waals surface area contributed by atoms with Crippen molar-refractivity contribution in [3.8, 4) is 0 Å². The van der Waals surface area contributed by atoms with Crippen molar-refractivity contribution < 1.29 is 9.53 Å². The topological polar surface area (TPSA) is 52.3 Å². The molecule has 82 valence electrons. The largest absolute Gasteiger partial charge is 0.464 e. The quantitative estimate of drug-likeness (QED) is 0.701. The first-order chi connectivity index (χ1) is 6.61. The number of carbonyl (C=O) groups excluding carboxylic acids is 1. The first kappa shape index (κ1) is 11.5. The van der Waals surface area contributed by atoms with Gasteiger partial charge in [-0.15, -0.1) is 0 Å². The first-order valence-corrected chi connectivity index (χ1v) is 5.53. The van der Waals surface area contributed by atoms with Crippen LogP contribution in [0.5, 0.6) is 0 Å². The van der Waals surface area contributed by atoms with Gasteiger partial charge in [0.05, 0.1) is 6.61 Å². The molecule has 0 aromatic rings. The molecular formula is C11H21NO2. The van der Waals surface area contributed by atoms with E-state index < -0.39 is 6.04 Å². The lowest BCUT2D eigenvalue weighted by Crippen LogP contribution is -2.37. The Balaban J connectivity index is 2.19. The van der Waals surface area contributed by atoms with Crippen LogP contribution in [-0.2, 0) is 9.53 Å². The van der Waals surface area contributed by atoms with Gasteiger partial charge in [-0.05, 0) is 24.7 Å². The van der Waals surface area contributed by atoms with Gasteiger partial charge in [-0.3, -0.25) is 4.79 Å². The summed E-state index contributed by atoms with van der Waals surface area (Å²) in [7, 11) is 0. The number of esters is 1. The van der Waals surface area contributed by atoms with Crippen LogP contribution >= 0.6 is 0 Å². The van der Waals surface area contributed by atoms with Gasteiger partial charge in [-0.1, -0.05) is 26.7 Å². The van der Waals surface area contributed by atoms with Gasteiger partial charge >= 0.3 is 5.97 Å². The normalized spacial score (nSPS) is 20.0. The SMILES string of the molecule is CC(C)[C@@H](N)C(=O)OCC1CCCC1. The average Bonchev–Trinajstić information content (AvgIpc) is 2.65. The average molecular weight is 199 g/mol. The summed E-state index contributed by atoms with van der Waals surface area (Å²) in [6, 6.07) is -0.462. The lowest BCUT2D eigenvalue weighted by molar-refractivity contribution is -0.147. The Morgan fingerprint density at radius 1 is 1.43 bits per heavy atom. The Kier molecular flexibility index (Phi) is 4.39. The summed E-state index contributed by atoms with van der Waals surface area (Å²) in [5.74, 6) is 0.497. The predicted octanol–water partition coefficient (Wildman–Crippen LogP) is 1.70. The minimum Gasteiger partial charge on any atom is -0.464 e. The molecule has 1 saturated carbocycles. The Labute approximate surface area is 86.0 Å². The molecule has 0 aromatic heterocycles. The lowest BCUT2D eigenvalue weighted by Gasteiger charge is -2.16. The molecule has 14 heavy (non-hydrogen) atoms. The molecule has 0 amide bonds. The maximum atomic E-state index is 11.4. The molecule has 2 N–H and O–H groups in total. The van der Waals surface area contributed by atoms with Crippen molar-refractivity contribution in [2.24, 2.45) is 17.6 Å². The van der Waals surface area contributed by atoms with Crippen LogP contribution < -0.4 is 5.73 Å². The van der Waals surface area contributed by atoms with Crippen LogP contribution in [0.3, 0.4) is 0 Å². The monoisotopic (exact) mass is 199 g/mol. The zero-order valence-electron chi connectivity index (χ0n) is 9.16. The standard InChI is InChI=1S/C11H21NO2/c1-8(2)10(12)11(13)14-7-9-5-3-4-6-9/h8-10H,3-7,12H2,1-2H3/t10-/m1/s1. The summed E-state index contributed by atoms with van der Waals surface area (Å²) in [6.45, 7) is 4.43. The van der Waals surface area contributed by atoms with Crippen LogP contribution in [-0.4, -0.2) is 18.6 Å². The molecule has 0 bridgehead atoms. The van der Waals surface area contributed by atoms with Crippen molar-refractivity contribution in [1.82, 2.24) is 0 Å². The van der Waals surface area contributed by atoms with Crippen molar-refractivity contribution in [2.45, 2.75) is 45.6 Å². The van der Waals surface area contributed by atoms with Crippen LogP contribution in [0, 0.1) is 11.8 Å². The first-order valence-electron chi connectivity index (χ1n) is 5.53. The fourth-order valence-electron chi connectivity index (χ4n) is 1.75. The summed E-state index contributed by atoms with van der Waals surface area (Å²) >= 11 is 0. The fraction of sp³-hybridized carbons (Fsp3) is 0.909. The third-order valence-electron chi connectivity index (χ3n) is 2.93. The second-order valence-electron chi connectivity index (χ2n) is 4.55. The van der Waals surface area contributed by atoms with E-state index in [4.69, 9.17) is 10.5 Å². The van der Waals surface area contributed by atoms with Crippen molar-refractivity contribution in [3.63, 3.8) is 0 Å². The third kappa shape index (κ3) is 3.29. The molecule has 0 aliphatic heterocycles. The van der Waals surface area contributed by atoms with Crippen LogP contribution in [0.1, 0.15) is 39.5 Å². The van der Waals surface area contributed by atoms with E-state index in [0.29, 0.717) is 12.5 Å². The molecule has 0 aromatic carbocycles. The van der Waals surface area contributed by atoms with Gasteiger partial charge < -0.3 is 10.5 Å². The van der Waals surface area contributed by atoms with Crippen molar-refractivity contribution in [3.05, 3.63) is 0 Å². The fourth-order valence-corrected chi connectivity index (χ4v) is 1.75. The third-order valence-corrected chi connectivity index (χ3v) is 2.93. The molecule has 1 aliphatic rings. The molecule has 0 heterocycles. The maximum absolute atomic E-state index is 11.4. The lowest BCUT2D eigenvalue weighted by atomic mass is 10.1. The molecule has 0 spiro atoms. The molecule has 1 aliphatic carbocycles. The van der Waals surface area contributed by atoms with E-state index in [1.165, 1.54) is 25.7 Å². The van der Waals surface area contributed by atoms with E-state index in [1.54, 1.807) is 0 Å².